The second-order valence-corrected chi connectivity index (χ2v) is 7.59. The van der Waals surface area contributed by atoms with Gasteiger partial charge in [0.2, 0.25) is 5.88 Å². The van der Waals surface area contributed by atoms with E-state index in [1.807, 2.05) is 20.8 Å². The maximum absolute atomic E-state index is 14.3. The molecule has 0 radical (unpaired) electrons. The molecule has 0 spiro atoms. The van der Waals surface area contributed by atoms with E-state index in [4.69, 9.17) is 4.74 Å². The van der Waals surface area contributed by atoms with E-state index >= 15 is 0 Å². The summed E-state index contributed by atoms with van der Waals surface area (Å²) in [6, 6.07) is 5.37. The first-order valence-corrected chi connectivity index (χ1v) is 8.92. The van der Waals surface area contributed by atoms with Crippen LogP contribution < -0.4 is 4.74 Å². The van der Waals surface area contributed by atoms with Crippen molar-refractivity contribution in [2.75, 3.05) is 0 Å². The summed E-state index contributed by atoms with van der Waals surface area (Å²) in [6.45, 7) is 6.15. The molecule has 3 aromatic heterocycles. The molecule has 0 aliphatic rings. The summed E-state index contributed by atoms with van der Waals surface area (Å²) in [6.07, 6.45) is 1.43. The molecule has 8 nitrogen and oxygen atoms in total. The monoisotopic (exact) mass is 399 g/mol. The number of benzene rings is 1. The van der Waals surface area contributed by atoms with Crippen molar-refractivity contribution in [1.29, 1.82) is 0 Å². The summed E-state index contributed by atoms with van der Waals surface area (Å²) in [5, 5.41) is 12.0. The number of ether oxygens (including phenoxy) is 1. The summed E-state index contributed by atoms with van der Waals surface area (Å²) in [7, 11) is 1.76. The lowest BCUT2D eigenvalue weighted by molar-refractivity contribution is 0.271. The van der Waals surface area contributed by atoms with Crippen LogP contribution in [0.3, 0.4) is 0 Å². The van der Waals surface area contributed by atoms with Crippen LogP contribution in [-0.4, -0.2) is 34.7 Å². The number of fused-ring (bicyclic) bond motifs is 1. The molecule has 0 aliphatic carbocycles. The Morgan fingerprint density at radius 1 is 1.14 bits per heavy atom. The number of para-hydroxylation sites is 1. The van der Waals surface area contributed by atoms with E-state index in [1.165, 1.54) is 12.4 Å². The Bertz CT molecular complexity index is 1170. The lowest BCUT2D eigenvalue weighted by Crippen LogP contribution is -2.16. The van der Waals surface area contributed by atoms with Crippen LogP contribution in [0, 0.1) is 11.6 Å². The molecule has 0 fully saturated rings. The molecule has 0 saturated carbocycles. The Balaban J connectivity index is 1.85. The molecule has 29 heavy (non-hydrogen) atoms. The Kier molecular flexibility index (Phi) is 4.48. The Morgan fingerprint density at radius 2 is 1.86 bits per heavy atom. The molecule has 0 amide bonds. The van der Waals surface area contributed by atoms with Crippen molar-refractivity contribution in [1.82, 2.24) is 34.7 Å². The van der Waals surface area contributed by atoms with Gasteiger partial charge in [0.05, 0.1) is 0 Å². The van der Waals surface area contributed by atoms with E-state index in [9.17, 15) is 8.78 Å². The first kappa shape index (κ1) is 18.9. The predicted octanol–water partition coefficient (Wildman–Crippen LogP) is 3.10. The van der Waals surface area contributed by atoms with Crippen molar-refractivity contribution in [3.8, 4) is 11.6 Å². The standard InChI is InChI=1S/C19H19F2N7O/c1-19(2,3)11-8-14-17(24-18(11)29-9-15-22-10-23-27(15)4)28(26-25-14)16-12(20)6-5-7-13(16)21/h5-8,10H,9H2,1-4H3. The van der Waals surface area contributed by atoms with Crippen LogP contribution in [-0.2, 0) is 19.1 Å². The topological polar surface area (TPSA) is 83.5 Å². The fraction of sp³-hybridized carbons (Fsp3) is 0.316. The average Bonchev–Trinajstić information content (AvgIpc) is 3.24. The minimum Gasteiger partial charge on any atom is -0.469 e. The van der Waals surface area contributed by atoms with Gasteiger partial charge in [-0.1, -0.05) is 32.1 Å². The fourth-order valence-corrected chi connectivity index (χ4v) is 2.91. The number of halogens is 2. The third kappa shape index (κ3) is 3.41. The van der Waals surface area contributed by atoms with Crippen LogP contribution >= 0.6 is 0 Å². The highest BCUT2D eigenvalue weighted by Crippen LogP contribution is 2.33. The van der Waals surface area contributed by atoms with Gasteiger partial charge in [-0.15, -0.1) is 5.10 Å². The van der Waals surface area contributed by atoms with Gasteiger partial charge in [-0.05, 0) is 23.6 Å². The minimum absolute atomic E-state index is 0.133. The minimum atomic E-state index is -0.764. The summed E-state index contributed by atoms with van der Waals surface area (Å²) in [5.41, 5.74) is 0.723. The number of pyridine rings is 1. The van der Waals surface area contributed by atoms with Crippen LogP contribution in [0.1, 0.15) is 32.2 Å². The second kappa shape index (κ2) is 6.87. The quantitative estimate of drug-likeness (QED) is 0.524. The molecule has 0 N–H and O–H groups in total. The molecule has 1 aromatic carbocycles. The van der Waals surface area contributed by atoms with E-state index < -0.39 is 11.6 Å². The molecule has 4 rings (SSSR count). The zero-order valence-corrected chi connectivity index (χ0v) is 16.4. The third-order valence-electron chi connectivity index (χ3n) is 4.49. The highest BCUT2D eigenvalue weighted by molar-refractivity contribution is 5.74. The number of rotatable bonds is 4. The Labute approximate surface area is 165 Å². The summed E-state index contributed by atoms with van der Waals surface area (Å²) in [4.78, 5) is 8.65. The zero-order valence-electron chi connectivity index (χ0n) is 16.4. The first-order chi connectivity index (χ1) is 13.8. The van der Waals surface area contributed by atoms with Crippen molar-refractivity contribution < 1.29 is 13.5 Å². The van der Waals surface area contributed by atoms with E-state index in [2.05, 4.69) is 25.4 Å². The highest BCUT2D eigenvalue weighted by Gasteiger charge is 2.25. The molecule has 0 unspecified atom stereocenters. The number of aromatic nitrogens is 7. The predicted molar refractivity (Wildman–Crippen MR) is 101 cm³/mol. The smallest absolute Gasteiger partial charge is 0.219 e. The van der Waals surface area contributed by atoms with Crippen molar-refractivity contribution in [3.63, 3.8) is 0 Å². The van der Waals surface area contributed by atoms with Crippen LogP contribution in [0.4, 0.5) is 8.78 Å². The van der Waals surface area contributed by atoms with E-state index in [0.29, 0.717) is 17.2 Å². The van der Waals surface area contributed by atoms with E-state index in [1.54, 1.807) is 17.8 Å². The lowest BCUT2D eigenvalue weighted by atomic mass is 9.87. The summed E-state index contributed by atoms with van der Waals surface area (Å²) < 4.78 is 37.1. The number of nitrogens with zero attached hydrogens (tertiary/aromatic N) is 7. The maximum Gasteiger partial charge on any atom is 0.219 e. The number of hydrogen-bond donors (Lipinski definition) is 0. The highest BCUT2D eigenvalue weighted by atomic mass is 19.1. The Morgan fingerprint density at radius 3 is 2.48 bits per heavy atom. The molecule has 0 aliphatic heterocycles. The largest absolute Gasteiger partial charge is 0.469 e. The van der Waals surface area contributed by atoms with Gasteiger partial charge in [-0.3, -0.25) is 4.68 Å². The lowest BCUT2D eigenvalue weighted by Gasteiger charge is -2.21. The van der Waals surface area contributed by atoms with Crippen LogP contribution in [0.5, 0.6) is 5.88 Å². The SMILES string of the molecule is Cn1ncnc1COc1nc2c(cc1C(C)(C)C)nnn2-c1c(F)cccc1F. The van der Waals surface area contributed by atoms with Gasteiger partial charge < -0.3 is 4.74 Å². The molecule has 4 aromatic rings. The third-order valence-corrected chi connectivity index (χ3v) is 4.49. The van der Waals surface area contributed by atoms with Gasteiger partial charge in [0.15, 0.2) is 23.1 Å². The van der Waals surface area contributed by atoms with Crippen LogP contribution in [0.25, 0.3) is 16.9 Å². The van der Waals surface area contributed by atoms with Gasteiger partial charge >= 0.3 is 0 Å². The Hall–Kier alpha value is -3.43. The summed E-state index contributed by atoms with van der Waals surface area (Å²) >= 11 is 0. The van der Waals surface area contributed by atoms with Crippen molar-refractivity contribution in [2.45, 2.75) is 32.8 Å². The normalized spacial score (nSPS) is 11.9. The van der Waals surface area contributed by atoms with Crippen molar-refractivity contribution in [3.05, 3.63) is 53.6 Å². The van der Waals surface area contributed by atoms with E-state index in [-0.39, 0.29) is 23.4 Å². The molecule has 3 heterocycles. The first-order valence-electron chi connectivity index (χ1n) is 8.92. The molecule has 0 atom stereocenters. The van der Waals surface area contributed by atoms with E-state index in [0.717, 1.165) is 22.4 Å². The molecule has 0 saturated heterocycles. The van der Waals surface area contributed by atoms with Crippen LogP contribution in [0.15, 0.2) is 30.6 Å². The van der Waals surface area contributed by atoms with Crippen LogP contribution in [0.2, 0.25) is 0 Å². The molecule has 0 bridgehead atoms. The maximum atomic E-state index is 14.3. The zero-order chi connectivity index (χ0) is 20.8. The molecular weight excluding hydrogens is 380 g/mol. The van der Waals surface area contributed by atoms with Gasteiger partial charge in [0.25, 0.3) is 0 Å². The summed E-state index contributed by atoms with van der Waals surface area (Å²) in [5.74, 6) is -0.605. The second-order valence-electron chi connectivity index (χ2n) is 7.59. The number of aryl methyl sites for hydroxylation is 1. The number of hydrogen-bond acceptors (Lipinski definition) is 6. The average molecular weight is 399 g/mol. The molecule has 10 heteroatoms. The van der Waals surface area contributed by atoms with Gasteiger partial charge in [0.1, 0.15) is 24.1 Å². The molecular formula is C19H19F2N7O. The molecule has 150 valence electrons. The van der Waals surface area contributed by atoms with Crippen molar-refractivity contribution in [2.24, 2.45) is 7.05 Å². The van der Waals surface area contributed by atoms with Gasteiger partial charge in [-0.2, -0.15) is 14.8 Å². The van der Waals surface area contributed by atoms with Crippen molar-refractivity contribution >= 4 is 11.2 Å². The van der Waals surface area contributed by atoms with Gasteiger partial charge in [0, 0.05) is 12.6 Å². The fourth-order valence-electron chi connectivity index (χ4n) is 2.91. The van der Waals surface area contributed by atoms with Gasteiger partial charge in [-0.25, -0.2) is 13.8 Å².